The average molecular weight is 422 g/mol. The van der Waals surface area contributed by atoms with Gasteiger partial charge < -0.3 is 4.42 Å². The maximum atomic E-state index is 11.7. The number of amides is 2. The Kier molecular flexibility index (Phi) is 5.41. The summed E-state index contributed by atoms with van der Waals surface area (Å²) in [4.78, 5) is 17.2. The Morgan fingerprint density at radius 3 is 2.21 bits per heavy atom. The van der Waals surface area contributed by atoms with E-state index in [4.69, 9.17) is 21.2 Å². The molecule has 2 aromatic carbocycles. The lowest BCUT2D eigenvalue weighted by molar-refractivity contribution is 0.167. The Bertz CT molecular complexity index is 1110. The SMILES string of the molecule is CN(C(=O)NO)c1nc(-c2ccc(Cl)cc2)c(-c2ccc(S(C)(=O)=O)cc2)o1. The minimum atomic E-state index is -3.34. The molecule has 2 N–H and O–H groups in total. The molecule has 8 nitrogen and oxygen atoms in total. The predicted molar refractivity (Wildman–Crippen MR) is 104 cm³/mol. The first-order chi connectivity index (χ1) is 13.2. The van der Waals surface area contributed by atoms with Crippen molar-refractivity contribution in [3.63, 3.8) is 0 Å². The first-order valence-electron chi connectivity index (χ1n) is 7.96. The van der Waals surface area contributed by atoms with Crippen molar-refractivity contribution in [2.75, 3.05) is 18.2 Å². The van der Waals surface area contributed by atoms with E-state index in [1.165, 1.54) is 24.7 Å². The number of nitrogens with zero attached hydrogens (tertiary/aromatic N) is 2. The number of carbonyl (C=O) groups is 1. The number of oxazole rings is 1. The van der Waals surface area contributed by atoms with Crippen LogP contribution in [0.4, 0.5) is 10.8 Å². The van der Waals surface area contributed by atoms with Gasteiger partial charge in [-0.1, -0.05) is 23.7 Å². The number of urea groups is 1. The van der Waals surface area contributed by atoms with Gasteiger partial charge in [0.2, 0.25) is 0 Å². The Labute approximate surface area is 166 Å². The lowest BCUT2D eigenvalue weighted by atomic mass is 10.1. The molecule has 0 bridgehead atoms. The summed E-state index contributed by atoms with van der Waals surface area (Å²) in [5.74, 6) is 0.329. The van der Waals surface area contributed by atoms with Gasteiger partial charge in [-0.15, -0.1) is 0 Å². The highest BCUT2D eigenvalue weighted by atomic mass is 35.5. The number of aromatic nitrogens is 1. The number of halogens is 1. The Balaban J connectivity index is 2.14. The highest BCUT2D eigenvalue weighted by Crippen LogP contribution is 2.36. The van der Waals surface area contributed by atoms with Gasteiger partial charge in [0.1, 0.15) is 5.69 Å². The fourth-order valence-electron chi connectivity index (χ4n) is 2.47. The van der Waals surface area contributed by atoms with E-state index in [9.17, 15) is 13.2 Å². The molecule has 0 radical (unpaired) electrons. The number of benzene rings is 2. The molecular weight excluding hydrogens is 406 g/mol. The summed E-state index contributed by atoms with van der Waals surface area (Å²) >= 11 is 5.94. The average Bonchev–Trinajstić information content (AvgIpc) is 3.12. The fourth-order valence-corrected chi connectivity index (χ4v) is 3.22. The van der Waals surface area contributed by atoms with Crippen LogP contribution in [-0.4, -0.2) is 37.9 Å². The minimum Gasteiger partial charge on any atom is -0.422 e. The molecule has 1 aromatic heterocycles. The van der Waals surface area contributed by atoms with Gasteiger partial charge >= 0.3 is 12.0 Å². The summed E-state index contributed by atoms with van der Waals surface area (Å²) in [6, 6.07) is 12.1. The van der Waals surface area contributed by atoms with Crippen LogP contribution in [0.15, 0.2) is 57.8 Å². The maximum absolute atomic E-state index is 11.7. The second kappa shape index (κ2) is 7.63. The van der Waals surface area contributed by atoms with Gasteiger partial charge in [0.15, 0.2) is 15.6 Å². The molecule has 0 saturated heterocycles. The third kappa shape index (κ3) is 4.01. The summed E-state index contributed by atoms with van der Waals surface area (Å²) in [6.45, 7) is 0. The Morgan fingerprint density at radius 1 is 1.11 bits per heavy atom. The number of hydrogen-bond acceptors (Lipinski definition) is 6. The van der Waals surface area contributed by atoms with Gasteiger partial charge in [-0.05, 0) is 36.4 Å². The standard InChI is InChI=1S/C18H16ClN3O5S/c1-22(17(23)21-24)18-20-15(11-3-7-13(19)8-4-11)16(27-18)12-5-9-14(10-6-12)28(2,25)26/h3-10,24H,1-2H3,(H,21,23). The van der Waals surface area contributed by atoms with E-state index in [1.807, 2.05) is 0 Å². The molecular formula is C18H16ClN3O5S. The molecule has 0 saturated carbocycles. The molecule has 3 rings (SSSR count). The van der Waals surface area contributed by atoms with Gasteiger partial charge in [0.05, 0.1) is 4.90 Å². The van der Waals surface area contributed by atoms with Crippen molar-refractivity contribution in [3.05, 3.63) is 53.6 Å². The zero-order valence-corrected chi connectivity index (χ0v) is 16.5. The largest absolute Gasteiger partial charge is 0.422 e. The predicted octanol–water partition coefficient (Wildman–Crippen LogP) is 3.60. The number of nitrogens with one attached hydrogen (secondary N) is 1. The molecule has 2 amide bonds. The third-order valence-electron chi connectivity index (χ3n) is 3.97. The zero-order valence-electron chi connectivity index (χ0n) is 14.9. The molecule has 0 spiro atoms. The van der Waals surface area contributed by atoms with E-state index < -0.39 is 15.9 Å². The molecule has 0 fully saturated rings. The number of carbonyl (C=O) groups excluding carboxylic acids is 1. The summed E-state index contributed by atoms with van der Waals surface area (Å²) in [6.07, 6.45) is 1.12. The van der Waals surface area contributed by atoms with Crippen molar-refractivity contribution in [1.29, 1.82) is 0 Å². The molecule has 10 heteroatoms. The minimum absolute atomic E-state index is 0.0568. The van der Waals surface area contributed by atoms with Crippen molar-refractivity contribution in [2.45, 2.75) is 4.90 Å². The van der Waals surface area contributed by atoms with E-state index in [2.05, 4.69) is 4.98 Å². The van der Waals surface area contributed by atoms with E-state index in [1.54, 1.807) is 36.4 Å². The van der Waals surface area contributed by atoms with E-state index in [0.717, 1.165) is 11.2 Å². The molecule has 0 unspecified atom stereocenters. The van der Waals surface area contributed by atoms with Gasteiger partial charge in [-0.3, -0.25) is 5.21 Å². The van der Waals surface area contributed by atoms with Crippen LogP contribution in [0, 0.1) is 0 Å². The third-order valence-corrected chi connectivity index (χ3v) is 5.35. The molecule has 3 aromatic rings. The molecule has 28 heavy (non-hydrogen) atoms. The van der Waals surface area contributed by atoms with Crippen molar-refractivity contribution in [3.8, 4) is 22.6 Å². The van der Waals surface area contributed by atoms with Crippen LogP contribution in [0.3, 0.4) is 0 Å². The number of hydroxylamine groups is 1. The van der Waals surface area contributed by atoms with Crippen molar-refractivity contribution in [1.82, 2.24) is 10.5 Å². The zero-order chi connectivity index (χ0) is 20.5. The number of sulfone groups is 1. The highest BCUT2D eigenvalue weighted by molar-refractivity contribution is 7.90. The number of anilines is 1. The van der Waals surface area contributed by atoms with Gasteiger partial charge in [0.25, 0.3) is 0 Å². The quantitative estimate of drug-likeness (QED) is 0.491. The highest BCUT2D eigenvalue weighted by Gasteiger charge is 2.22. The summed E-state index contributed by atoms with van der Waals surface area (Å²) in [7, 11) is -1.97. The van der Waals surface area contributed by atoms with Crippen LogP contribution in [0.2, 0.25) is 5.02 Å². The van der Waals surface area contributed by atoms with Crippen molar-refractivity contribution >= 4 is 33.5 Å². The molecule has 1 heterocycles. The van der Waals surface area contributed by atoms with Gasteiger partial charge in [-0.2, -0.15) is 4.98 Å². The van der Waals surface area contributed by atoms with Crippen LogP contribution in [0.1, 0.15) is 0 Å². The molecule has 0 aliphatic heterocycles. The van der Waals surface area contributed by atoms with E-state index >= 15 is 0 Å². The molecule has 0 aliphatic carbocycles. The maximum Gasteiger partial charge on any atom is 0.348 e. The molecule has 0 aliphatic rings. The first kappa shape index (κ1) is 19.9. The lowest BCUT2D eigenvalue weighted by Crippen LogP contribution is -2.35. The van der Waals surface area contributed by atoms with Crippen LogP contribution in [0.5, 0.6) is 0 Å². The van der Waals surface area contributed by atoms with Crippen molar-refractivity contribution < 1.29 is 22.8 Å². The number of rotatable bonds is 4. The number of hydrogen-bond donors (Lipinski definition) is 2. The van der Waals surface area contributed by atoms with Crippen LogP contribution >= 0.6 is 11.6 Å². The Hall–Kier alpha value is -2.88. The Morgan fingerprint density at radius 2 is 1.68 bits per heavy atom. The topological polar surface area (TPSA) is 113 Å². The lowest BCUT2D eigenvalue weighted by Gasteiger charge is -2.09. The first-order valence-corrected chi connectivity index (χ1v) is 10.2. The summed E-state index contributed by atoms with van der Waals surface area (Å²) in [5, 5.41) is 9.38. The smallest absolute Gasteiger partial charge is 0.348 e. The molecule has 0 atom stereocenters. The van der Waals surface area contributed by atoms with Gasteiger partial charge in [-0.25, -0.2) is 23.6 Å². The van der Waals surface area contributed by atoms with E-state index in [-0.39, 0.29) is 10.9 Å². The van der Waals surface area contributed by atoms with Crippen molar-refractivity contribution in [2.24, 2.45) is 0 Å². The fraction of sp³-hybridized carbons (Fsp3) is 0.111. The normalized spacial score (nSPS) is 11.3. The monoisotopic (exact) mass is 421 g/mol. The van der Waals surface area contributed by atoms with Gasteiger partial charge in [0, 0.05) is 29.5 Å². The van der Waals surface area contributed by atoms with Crippen LogP contribution in [-0.2, 0) is 9.84 Å². The molecule has 146 valence electrons. The summed E-state index contributed by atoms with van der Waals surface area (Å²) in [5.41, 5.74) is 3.18. The van der Waals surface area contributed by atoms with Crippen LogP contribution < -0.4 is 10.4 Å². The second-order valence-electron chi connectivity index (χ2n) is 5.95. The second-order valence-corrected chi connectivity index (χ2v) is 8.41. The summed E-state index contributed by atoms with van der Waals surface area (Å²) < 4.78 is 29.1. The van der Waals surface area contributed by atoms with Crippen LogP contribution in [0.25, 0.3) is 22.6 Å². The van der Waals surface area contributed by atoms with E-state index in [0.29, 0.717) is 27.6 Å².